The van der Waals surface area contributed by atoms with Gasteiger partial charge in [-0.2, -0.15) is 0 Å². The molecule has 0 aromatic heterocycles. The highest BCUT2D eigenvalue weighted by atomic mass is 16.2. The highest BCUT2D eigenvalue weighted by Crippen LogP contribution is 2.32. The smallest absolute Gasteiger partial charge is 0.320 e. The fourth-order valence-electron chi connectivity index (χ4n) is 3.06. The third-order valence-electron chi connectivity index (χ3n) is 4.68. The Morgan fingerprint density at radius 1 is 0.636 bits per heavy atom. The summed E-state index contributed by atoms with van der Waals surface area (Å²) < 4.78 is 0. The van der Waals surface area contributed by atoms with Gasteiger partial charge in [0.25, 0.3) is 0 Å². The first-order valence-electron chi connectivity index (χ1n) is 14.3. The molecule has 0 saturated carbocycles. The summed E-state index contributed by atoms with van der Waals surface area (Å²) in [6.07, 6.45) is 6.88. The van der Waals surface area contributed by atoms with E-state index >= 15 is 0 Å². The molecule has 2 saturated heterocycles. The fourth-order valence-corrected chi connectivity index (χ4v) is 3.06. The first kappa shape index (κ1) is 41.8. The third kappa shape index (κ3) is 16.0. The van der Waals surface area contributed by atoms with E-state index in [4.69, 9.17) is 0 Å². The van der Waals surface area contributed by atoms with Crippen molar-refractivity contribution in [3.8, 4) is 0 Å². The van der Waals surface area contributed by atoms with Gasteiger partial charge >= 0.3 is 6.03 Å². The molecule has 204 valence electrons. The van der Waals surface area contributed by atoms with Gasteiger partial charge in [-0.15, -0.1) is 0 Å². The molecule has 0 aromatic rings. The summed E-state index contributed by atoms with van der Waals surface area (Å²) in [5, 5.41) is 3.02. The second-order valence-electron chi connectivity index (χ2n) is 6.44. The average molecular weight is 475 g/mol. The van der Waals surface area contributed by atoms with Crippen LogP contribution in [0.5, 0.6) is 0 Å². The largest absolute Gasteiger partial charge is 0.335 e. The average Bonchev–Trinajstić information content (AvgIpc) is 3.34. The molecule has 2 aliphatic heterocycles. The van der Waals surface area contributed by atoms with Gasteiger partial charge in [-0.3, -0.25) is 0 Å². The van der Waals surface area contributed by atoms with Gasteiger partial charge < -0.3 is 20.0 Å². The Morgan fingerprint density at radius 2 is 1.00 bits per heavy atom. The molecule has 2 amide bonds. The van der Waals surface area contributed by atoms with Crippen molar-refractivity contribution in [2.45, 2.75) is 148 Å². The van der Waals surface area contributed by atoms with Crippen LogP contribution >= 0.6 is 0 Å². The molecule has 2 heterocycles. The summed E-state index contributed by atoms with van der Waals surface area (Å²) >= 11 is 0. The number of fused-ring (bicyclic) bond motifs is 1. The lowest BCUT2D eigenvalue weighted by Crippen LogP contribution is -2.45. The van der Waals surface area contributed by atoms with Crippen LogP contribution in [0.15, 0.2) is 12.4 Å². The van der Waals surface area contributed by atoms with E-state index in [9.17, 15) is 4.79 Å². The van der Waals surface area contributed by atoms with Crippen molar-refractivity contribution in [3.05, 3.63) is 12.4 Å². The lowest BCUT2D eigenvalue weighted by Gasteiger charge is -2.29. The maximum absolute atomic E-state index is 11.8. The minimum atomic E-state index is 0.0295. The number of amides is 2. The molecule has 5 heteroatoms. The topological polar surface area (TPSA) is 38.8 Å². The van der Waals surface area contributed by atoms with Crippen LogP contribution in [0.2, 0.25) is 0 Å². The number of urea groups is 1. The van der Waals surface area contributed by atoms with Crippen molar-refractivity contribution >= 4 is 6.03 Å². The number of carbonyl (C=O) groups excluding carboxylic acids is 1. The molecule has 1 N–H and O–H groups in total. The molecule has 0 aliphatic carbocycles. The Labute approximate surface area is 211 Å². The Hall–Kier alpha value is -1.39. The molecular formula is C28H66N4O. The summed E-state index contributed by atoms with van der Waals surface area (Å²) in [5.41, 5.74) is 0. The number of unbranched alkanes of at least 4 members (excludes halogenated alkanes) is 3. The zero-order valence-electron chi connectivity index (χ0n) is 25.8. The molecule has 0 radical (unpaired) electrons. The van der Waals surface area contributed by atoms with Crippen molar-refractivity contribution < 1.29 is 4.79 Å². The summed E-state index contributed by atoms with van der Waals surface area (Å²) in [5.74, 6) is 1.01. The molecule has 2 rings (SSSR count). The highest BCUT2D eigenvalue weighted by molar-refractivity contribution is 5.77. The van der Waals surface area contributed by atoms with Crippen LogP contribution in [-0.2, 0) is 0 Å². The van der Waals surface area contributed by atoms with Crippen molar-refractivity contribution in [3.63, 3.8) is 0 Å². The molecule has 2 aliphatic rings. The van der Waals surface area contributed by atoms with E-state index in [2.05, 4.69) is 63.2 Å². The number of likely N-dealkylation sites (N-methyl/N-ethyl adjacent to an activating group) is 3. The summed E-state index contributed by atoms with van der Waals surface area (Å²) in [4.78, 5) is 18.0. The van der Waals surface area contributed by atoms with Gasteiger partial charge in [0.05, 0.1) is 5.82 Å². The molecule has 2 atom stereocenters. The van der Waals surface area contributed by atoms with Gasteiger partial charge in [-0.25, -0.2) is 4.79 Å². The molecule has 5 nitrogen and oxygen atoms in total. The second kappa shape index (κ2) is 32.8. The highest BCUT2D eigenvalue weighted by Gasteiger charge is 2.50. The van der Waals surface area contributed by atoms with Crippen LogP contribution in [0.1, 0.15) is 136 Å². The first-order chi connectivity index (χ1) is 16.0. The normalized spacial score (nSPS) is 16.9. The van der Waals surface area contributed by atoms with E-state index < -0.39 is 0 Å². The third-order valence-corrected chi connectivity index (χ3v) is 4.68. The van der Waals surface area contributed by atoms with E-state index in [1.54, 1.807) is 0 Å². The SMILES string of the molecule is C=C1N(CC)C2NC(=O)N(CC)C2N1CC.CC.CC.CC.CC.CCCC.CCCCC. The molecule has 33 heavy (non-hydrogen) atoms. The van der Waals surface area contributed by atoms with Gasteiger partial charge in [0.15, 0.2) is 0 Å². The predicted octanol–water partition coefficient (Wildman–Crippen LogP) is 8.92. The van der Waals surface area contributed by atoms with Crippen LogP contribution in [-0.4, -0.2) is 52.7 Å². The minimum Gasteiger partial charge on any atom is -0.335 e. The zero-order valence-corrected chi connectivity index (χ0v) is 25.8. The van der Waals surface area contributed by atoms with Crippen LogP contribution in [0, 0.1) is 0 Å². The second-order valence-corrected chi connectivity index (χ2v) is 6.44. The van der Waals surface area contributed by atoms with Crippen LogP contribution in [0.4, 0.5) is 4.79 Å². The summed E-state index contributed by atoms with van der Waals surface area (Å²) in [7, 11) is 0. The molecule has 2 unspecified atom stereocenters. The van der Waals surface area contributed by atoms with E-state index in [-0.39, 0.29) is 18.4 Å². The van der Waals surface area contributed by atoms with E-state index in [0.29, 0.717) is 0 Å². The molecule has 2 fully saturated rings. The van der Waals surface area contributed by atoms with Gasteiger partial charge in [0, 0.05) is 19.6 Å². The Kier molecular flexibility index (Phi) is 41.6. The Balaban J connectivity index is -0.000000128. The van der Waals surface area contributed by atoms with Crippen molar-refractivity contribution in [2.24, 2.45) is 0 Å². The van der Waals surface area contributed by atoms with Crippen LogP contribution in [0.25, 0.3) is 0 Å². The van der Waals surface area contributed by atoms with Crippen LogP contribution < -0.4 is 5.32 Å². The lowest BCUT2D eigenvalue weighted by atomic mass is 10.3. The first-order valence-corrected chi connectivity index (χ1v) is 14.3. The van der Waals surface area contributed by atoms with Crippen LogP contribution in [0.3, 0.4) is 0 Å². The van der Waals surface area contributed by atoms with Crippen molar-refractivity contribution in [1.82, 2.24) is 20.0 Å². The summed E-state index contributed by atoms with van der Waals surface area (Å²) in [6.45, 7) is 37.6. The van der Waals surface area contributed by atoms with Gasteiger partial charge in [-0.1, -0.05) is 122 Å². The Morgan fingerprint density at radius 3 is 1.24 bits per heavy atom. The number of hydrogen-bond donors (Lipinski definition) is 1. The number of nitrogens with one attached hydrogen (secondary N) is 1. The van der Waals surface area contributed by atoms with Gasteiger partial charge in [0.1, 0.15) is 12.3 Å². The summed E-state index contributed by atoms with van der Waals surface area (Å²) in [6, 6.07) is 0.0295. The van der Waals surface area contributed by atoms with E-state index in [1.165, 1.54) is 32.1 Å². The molecule has 0 aromatic carbocycles. The minimum absolute atomic E-state index is 0.0295. The van der Waals surface area contributed by atoms with Gasteiger partial charge in [0.2, 0.25) is 0 Å². The van der Waals surface area contributed by atoms with Gasteiger partial charge in [-0.05, 0) is 20.8 Å². The molecular weight excluding hydrogens is 408 g/mol. The lowest BCUT2D eigenvalue weighted by molar-refractivity contribution is 0.142. The maximum Gasteiger partial charge on any atom is 0.320 e. The number of carbonyl (C=O) groups is 1. The van der Waals surface area contributed by atoms with E-state index in [1.807, 2.05) is 67.2 Å². The maximum atomic E-state index is 11.8. The quantitative estimate of drug-likeness (QED) is 0.417. The number of nitrogens with zero attached hydrogens (tertiary/aromatic N) is 3. The standard InChI is InChI=1S/C11H20N4O.C5H12.C4H10.4C2H6/c1-5-13-8(4)14(6-2)10-9(13)12-11(16)15(10)7-3;1-3-5-4-2;1-3-4-2;4*1-2/h9-10H,4-7H2,1-3H3,(H,12,16);3-5H2,1-2H3;3-4H2,1-2H3;4*1-2H3. The van der Waals surface area contributed by atoms with Crippen molar-refractivity contribution in [1.29, 1.82) is 0 Å². The monoisotopic (exact) mass is 475 g/mol. The molecule has 0 bridgehead atoms. The fraction of sp³-hybridized carbons (Fsp3) is 0.893. The number of hydrogen-bond acceptors (Lipinski definition) is 3. The Bertz CT molecular complexity index is 382. The molecule has 0 spiro atoms. The van der Waals surface area contributed by atoms with E-state index in [0.717, 1.165) is 25.5 Å². The predicted molar refractivity (Wildman–Crippen MR) is 154 cm³/mol. The number of rotatable bonds is 6. The zero-order chi connectivity index (χ0) is 27.4. The van der Waals surface area contributed by atoms with Crippen molar-refractivity contribution in [2.75, 3.05) is 19.6 Å².